The molecule has 2 aromatic carbocycles. The third kappa shape index (κ3) is 3.71. The molecule has 0 aliphatic rings. The Morgan fingerprint density at radius 3 is 2.71 bits per heavy atom. The molecular weight excluding hydrogens is 292 g/mol. The average Bonchev–Trinajstić information content (AvgIpc) is 2.48. The van der Waals surface area contributed by atoms with Crippen LogP contribution in [0.3, 0.4) is 0 Å². The maximum Gasteiger partial charge on any atom is 0.271 e. The number of halogens is 1. The van der Waals surface area contributed by atoms with Gasteiger partial charge in [-0.2, -0.15) is 0 Å². The molecule has 0 fully saturated rings. The van der Waals surface area contributed by atoms with Gasteiger partial charge in [0.25, 0.3) is 5.69 Å². The summed E-state index contributed by atoms with van der Waals surface area (Å²) in [4.78, 5) is 10.2. The van der Waals surface area contributed by atoms with E-state index in [-0.39, 0.29) is 16.8 Å². The first-order valence-electron chi connectivity index (χ1n) is 6.48. The number of non-ortho nitro benzene ring substituents is 1. The summed E-state index contributed by atoms with van der Waals surface area (Å²) in [6.45, 7) is 2.01. The monoisotopic (exact) mass is 306 g/mol. The number of benzene rings is 2. The highest BCUT2D eigenvalue weighted by molar-refractivity contribution is 6.32. The van der Waals surface area contributed by atoms with Crippen LogP contribution in [-0.2, 0) is 0 Å². The Kier molecular flexibility index (Phi) is 4.77. The van der Waals surface area contributed by atoms with Gasteiger partial charge in [-0.1, -0.05) is 30.7 Å². The first kappa shape index (κ1) is 15.3. The Morgan fingerprint density at radius 1 is 1.33 bits per heavy atom. The summed E-state index contributed by atoms with van der Waals surface area (Å²) in [6, 6.07) is 11.4. The van der Waals surface area contributed by atoms with Gasteiger partial charge in [0.2, 0.25) is 0 Å². The van der Waals surface area contributed by atoms with Crippen molar-refractivity contribution in [3.63, 3.8) is 0 Å². The van der Waals surface area contributed by atoms with Crippen molar-refractivity contribution in [2.75, 3.05) is 0 Å². The molecule has 0 aromatic heterocycles. The van der Waals surface area contributed by atoms with E-state index in [1.54, 1.807) is 6.07 Å². The molecule has 0 heterocycles. The van der Waals surface area contributed by atoms with Gasteiger partial charge in [0.15, 0.2) is 0 Å². The molecule has 0 amide bonds. The van der Waals surface area contributed by atoms with Crippen molar-refractivity contribution < 1.29 is 9.66 Å². The molecule has 110 valence electrons. The normalized spacial score (nSPS) is 12.0. The summed E-state index contributed by atoms with van der Waals surface area (Å²) in [5.41, 5.74) is 6.87. The molecule has 0 radical (unpaired) electrons. The molecule has 0 saturated carbocycles. The summed E-state index contributed by atoms with van der Waals surface area (Å²) in [5, 5.41) is 10.9. The van der Waals surface area contributed by atoms with E-state index in [0.29, 0.717) is 11.5 Å². The quantitative estimate of drug-likeness (QED) is 0.654. The smallest absolute Gasteiger partial charge is 0.271 e. The lowest BCUT2D eigenvalue weighted by Crippen LogP contribution is -2.08. The predicted octanol–water partition coefficient (Wildman–Crippen LogP) is 4.45. The van der Waals surface area contributed by atoms with E-state index in [9.17, 15) is 10.1 Å². The van der Waals surface area contributed by atoms with Crippen molar-refractivity contribution in [1.82, 2.24) is 0 Å². The SMILES string of the molecule is CCC(N)c1cccc(Oc2ccc([N+](=O)[O-])cc2Cl)c1. The van der Waals surface area contributed by atoms with Crippen LogP contribution in [0.1, 0.15) is 24.9 Å². The lowest BCUT2D eigenvalue weighted by atomic mass is 10.1. The van der Waals surface area contributed by atoms with Crippen molar-refractivity contribution in [3.8, 4) is 11.5 Å². The van der Waals surface area contributed by atoms with Crippen LogP contribution in [0.15, 0.2) is 42.5 Å². The molecule has 2 rings (SSSR count). The third-order valence-electron chi connectivity index (χ3n) is 3.08. The highest BCUT2D eigenvalue weighted by Gasteiger charge is 2.11. The number of nitrogens with zero attached hydrogens (tertiary/aromatic N) is 1. The van der Waals surface area contributed by atoms with Gasteiger partial charge < -0.3 is 10.5 Å². The molecule has 1 atom stereocenters. The molecule has 0 saturated heterocycles. The van der Waals surface area contributed by atoms with Gasteiger partial charge in [-0.25, -0.2) is 0 Å². The van der Waals surface area contributed by atoms with Crippen LogP contribution >= 0.6 is 11.6 Å². The lowest BCUT2D eigenvalue weighted by Gasteiger charge is -2.12. The Hall–Kier alpha value is -2.11. The number of nitro benzene ring substituents is 1. The first-order chi connectivity index (χ1) is 10.0. The van der Waals surface area contributed by atoms with Crippen LogP contribution < -0.4 is 10.5 Å². The first-order valence-corrected chi connectivity index (χ1v) is 6.86. The van der Waals surface area contributed by atoms with E-state index in [1.165, 1.54) is 18.2 Å². The number of hydrogen-bond donors (Lipinski definition) is 1. The van der Waals surface area contributed by atoms with Crippen molar-refractivity contribution in [2.24, 2.45) is 5.73 Å². The molecule has 21 heavy (non-hydrogen) atoms. The summed E-state index contributed by atoms with van der Waals surface area (Å²) in [7, 11) is 0. The fourth-order valence-electron chi connectivity index (χ4n) is 1.86. The summed E-state index contributed by atoms with van der Waals surface area (Å²) in [6.07, 6.45) is 0.821. The maximum atomic E-state index is 10.7. The molecule has 6 heteroatoms. The van der Waals surface area contributed by atoms with Crippen LogP contribution in [0.5, 0.6) is 11.5 Å². The fourth-order valence-corrected chi connectivity index (χ4v) is 2.07. The fraction of sp³-hybridized carbons (Fsp3) is 0.200. The van der Waals surface area contributed by atoms with Crippen LogP contribution in [0.25, 0.3) is 0 Å². The lowest BCUT2D eigenvalue weighted by molar-refractivity contribution is -0.384. The largest absolute Gasteiger partial charge is 0.456 e. The summed E-state index contributed by atoms with van der Waals surface area (Å²) < 4.78 is 5.67. The van der Waals surface area contributed by atoms with E-state index in [4.69, 9.17) is 22.1 Å². The second-order valence-electron chi connectivity index (χ2n) is 4.56. The van der Waals surface area contributed by atoms with Gasteiger partial charge in [0, 0.05) is 18.2 Å². The van der Waals surface area contributed by atoms with Gasteiger partial charge in [-0.15, -0.1) is 0 Å². The minimum Gasteiger partial charge on any atom is -0.456 e. The molecule has 0 aliphatic heterocycles. The van der Waals surface area contributed by atoms with E-state index < -0.39 is 4.92 Å². The zero-order valence-corrected chi connectivity index (χ0v) is 12.2. The number of nitro groups is 1. The number of hydrogen-bond acceptors (Lipinski definition) is 4. The van der Waals surface area contributed by atoms with Gasteiger partial charge in [-0.05, 0) is 30.2 Å². The zero-order chi connectivity index (χ0) is 15.4. The molecule has 2 N–H and O–H groups in total. The minimum absolute atomic E-state index is 0.0547. The van der Waals surface area contributed by atoms with Crippen molar-refractivity contribution in [2.45, 2.75) is 19.4 Å². The predicted molar refractivity (Wildman–Crippen MR) is 81.8 cm³/mol. The van der Waals surface area contributed by atoms with Gasteiger partial charge in [0.1, 0.15) is 11.5 Å². The Morgan fingerprint density at radius 2 is 2.10 bits per heavy atom. The standard InChI is InChI=1S/C15H15ClN2O3/c1-2-14(17)10-4-3-5-12(8-10)21-15-7-6-11(18(19)20)9-13(15)16/h3-9,14H,2,17H2,1H3. The summed E-state index contributed by atoms with van der Waals surface area (Å²) >= 11 is 6.00. The maximum absolute atomic E-state index is 10.7. The summed E-state index contributed by atoms with van der Waals surface area (Å²) in [5.74, 6) is 0.955. The van der Waals surface area contributed by atoms with Gasteiger partial charge in [0.05, 0.1) is 9.95 Å². The Bertz CT molecular complexity index is 661. The van der Waals surface area contributed by atoms with Crippen molar-refractivity contribution >= 4 is 17.3 Å². The van der Waals surface area contributed by atoms with Crippen molar-refractivity contribution in [1.29, 1.82) is 0 Å². The van der Waals surface area contributed by atoms with E-state index in [1.807, 2.05) is 25.1 Å². The highest BCUT2D eigenvalue weighted by Crippen LogP contribution is 2.33. The van der Waals surface area contributed by atoms with E-state index >= 15 is 0 Å². The molecule has 0 bridgehead atoms. The topological polar surface area (TPSA) is 78.4 Å². The number of nitrogens with two attached hydrogens (primary N) is 1. The molecule has 2 aromatic rings. The molecule has 0 aliphatic carbocycles. The van der Waals surface area contributed by atoms with Gasteiger partial charge >= 0.3 is 0 Å². The number of ether oxygens (including phenoxy) is 1. The van der Waals surface area contributed by atoms with Crippen LogP contribution in [-0.4, -0.2) is 4.92 Å². The molecule has 5 nitrogen and oxygen atoms in total. The van der Waals surface area contributed by atoms with Crippen LogP contribution in [0.2, 0.25) is 5.02 Å². The van der Waals surface area contributed by atoms with Crippen molar-refractivity contribution in [3.05, 3.63) is 63.2 Å². The second kappa shape index (κ2) is 6.56. The average molecular weight is 307 g/mol. The number of rotatable bonds is 5. The van der Waals surface area contributed by atoms with Crippen LogP contribution in [0.4, 0.5) is 5.69 Å². The zero-order valence-electron chi connectivity index (χ0n) is 11.5. The Balaban J connectivity index is 2.24. The van der Waals surface area contributed by atoms with Crippen LogP contribution in [0, 0.1) is 10.1 Å². The molecule has 1 unspecified atom stereocenters. The molecule has 0 spiro atoms. The van der Waals surface area contributed by atoms with E-state index in [2.05, 4.69) is 0 Å². The highest BCUT2D eigenvalue weighted by atomic mass is 35.5. The molecular formula is C15H15ClN2O3. The van der Waals surface area contributed by atoms with Gasteiger partial charge in [-0.3, -0.25) is 10.1 Å². The van der Waals surface area contributed by atoms with E-state index in [0.717, 1.165) is 12.0 Å². The Labute approximate surface area is 127 Å². The third-order valence-corrected chi connectivity index (χ3v) is 3.38. The second-order valence-corrected chi connectivity index (χ2v) is 4.97. The minimum atomic E-state index is -0.503.